The summed E-state index contributed by atoms with van der Waals surface area (Å²) in [5, 5.41) is 10.8. The zero-order valence-corrected chi connectivity index (χ0v) is 20.0. The van der Waals surface area contributed by atoms with E-state index >= 15 is 0 Å². The second-order valence-electron chi connectivity index (χ2n) is 8.83. The lowest BCUT2D eigenvalue weighted by atomic mass is 10.0. The molecule has 1 aromatic carbocycles. The Bertz CT molecular complexity index is 896. The van der Waals surface area contributed by atoms with E-state index in [4.69, 9.17) is 9.47 Å². The Morgan fingerprint density at radius 1 is 1.15 bits per heavy atom. The predicted octanol–water partition coefficient (Wildman–Crippen LogP) is 1.91. The predicted molar refractivity (Wildman–Crippen MR) is 128 cm³/mol. The minimum atomic E-state index is -0.781. The number of carbonyl (C=O) groups is 2. The van der Waals surface area contributed by atoms with E-state index in [9.17, 15) is 14.7 Å². The second kappa shape index (κ2) is 13.3. The number of aliphatic hydroxyl groups excluding tert-OH is 1. The molecule has 1 aromatic heterocycles. The molecule has 8 heteroatoms. The second-order valence-corrected chi connectivity index (χ2v) is 8.83. The first kappa shape index (κ1) is 26.0. The van der Waals surface area contributed by atoms with Crippen LogP contribution in [0.1, 0.15) is 24.5 Å². The largest absolute Gasteiger partial charge is 0.469 e. The van der Waals surface area contributed by atoms with Crippen LogP contribution in [-0.4, -0.2) is 83.7 Å². The number of ether oxygens (including phenoxy) is 2. The summed E-state index contributed by atoms with van der Waals surface area (Å²) in [6, 6.07) is 13.3. The van der Waals surface area contributed by atoms with Gasteiger partial charge < -0.3 is 14.6 Å². The summed E-state index contributed by atoms with van der Waals surface area (Å²) in [4.78, 5) is 33.1. The number of hydrogen-bond donors (Lipinski definition) is 1. The smallest absolute Gasteiger partial charge is 0.311 e. The number of benzene rings is 1. The average molecular weight is 470 g/mol. The molecule has 2 heterocycles. The number of nitrogens with zero attached hydrogens (tertiary/aromatic N) is 3. The van der Waals surface area contributed by atoms with Crippen molar-refractivity contribution in [3.63, 3.8) is 0 Å². The van der Waals surface area contributed by atoms with Crippen LogP contribution in [0.25, 0.3) is 0 Å². The van der Waals surface area contributed by atoms with E-state index in [2.05, 4.69) is 9.88 Å². The number of ketones is 1. The Balaban J connectivity index is 1.52. The van der Waals surface area contributed by atoms with Crippen molar-refractivity contribution in [2.75, 3.05) is 39.9 Å². The standard InChI is InChI=1S/C26H35N3O5/c1-20(30)25-17-28(15-22-9-6-10-27-14-22)11-12-29(25)16-24(31)13-23(26(32)33-2)19-34-18-21-7-4-3-5-8-21/h3-10,14,23-25,31H,11-13,15-19H2,1-2H3/t23-,24-,25-/m0/s1. The van der Waals surface area contributed by atoms with Crippen molar-refractivity contribution >= 4 is 11.8 Å². The number of β-amino-alcohol motifs (C(OH)–C–C–N with tert-alkyl or cyclic N) is 1. The van der Waals surface area contributed by atoms with Crippen LogP contribution in [-0.2, 0) is 32.2 Å². The lowest BCUT2D eigenvalue weighted by Gasteiger charge is -2.41. The Morgan fingerprint density at radius 3 is 2.59 bits per heavy atom. The van der Waals surface area contributed by atoms with Crippen molar-refractivity contribution in [1.82, 2.24) is 14.8 Å². The highest BCUT2D eigenvalue weighted by Gasteiger charge is 2.32. The number of hydrogen-bond acceptors (Lipinski definition) is 8. The molecular formula is C26H35N3O5. The molecule has 184 valence electrons. The monoisotopic (exact) mass is 469 g/mol. The highest BCUT2D eigenvalue weighted by atomic mass is 16.5. The number of esters is 1. The SMILES string of the molecule is COC(=O)[C@H](COCc1ccccc1)C[C@H](O)CN1CCN(Cc2cccnc2)C[C@H]1C(C)=O. The topological polar surface area (TPSA) is 92.2 Å². The molecule has 1 N–H and O–H groups in total. The quantitative estimate of drug-likeness (QED) is 0.472. The lowest BCUT2D eigenvalue weighted by Crippen LogP contribution is -2.57. The Morgan fingerprint density at radius 2 is 1.91 bits per heavy atom. The molecule has 1 aliphatic heterocycles. The molecule has 0 radical (unpaired) electrons. The third kappa shape index (κ3) is 7.99. The van der Waals surface area contributed by atoms with Crippen molar-refractivity contribution in [1.29, 1.82) is 0 Å². The molecule has 1 fully saturated rings. The number of methoxy groups -OCH3 is 1. The van der Waals surface area contributed by atoms with Gasteiger partial charge in [-0.3, -0.25) is 24.4 Å². The fourth-order valence-corrected chi connectivity index (χ4v) is 4.34. The van der Waals surface area contributed by atoms with Crippen molar-refractivity contribution < 1.29 is 24.2 Å². The van der Waals surface area contributed by atoms with Crippen molar-refractivity contribution in [2.45, 2.75) is 38.6 Å². The third-order valence-corrected chi connectivity index (χ3v) is 6.14. The maximum Gasteiger partial charge on any atom is 0.311 e. The van der Waals surface area contributed by atoms with E-state index in [0.717, 1.165) is 24.2 Å². The number of Topliss-reactive ketones (excluding diaryl/α,β-unsaturated/α-hetero) is 1. The highest BCUT2D eigenvalue weighted by molar-refractivity contribution is 5.81. The summed E-state index contributed by atoms with van der Waals surface area (Å²) in [6.45, 7) is 5.22. The fourth-order valence-electron chi connectivity index (χ4n) is 4.34. The van der Waals surface area contributed by atoms with E-state index in [0.29, 0.717) is 26.2 Å². The first-order chi connectivity index (χ1) is 16.5. The van der Waals surface area contributed by atoms with Gasteiger partial charge >= 0.3 is 5.97 Å². The molecule has 1 saturated heterocycles. The van der Waals surface area contributed by atoms with Crippen LogP contribution in [0.15, 0.2) is 54.9 Å². The summed E-state index contributed by atoms with van der Waals surface area (Å²) in [5.74, 6) is -0.915. The van der Waals surface area contributed by atoms with E-state index in [1.807, 2.05) is 53.6 Å². The average Bonchev–Trinajstić information content (AvgIpc) is 2.85. The number of aromatic nitrogens is 1. The zero-order valence-electron chi connectivity index (χ0n) is 20.0. The van der Waals surface area contributed by atoms with Gasteiger partial charge in [-0.25, -0.2) is 0 Å². The van der Waals surface area contributed by atoms with Crippen LogP contribution in [0.5, 0.6) is 0 Å². The maximum absolute atomic E-state index is 12.4. The molecule has 3 atom stereocenters. The van der Waals surface area contributed by atoms with Crippen LogP contribution >= 0.6 is 0 Å². The normalized spacial score (nSPS) is 18.9. The first-order valence-electron chi connectivity index (χ1n) is 11.7. The molecule has 0 unspecified atom stereocenters. The summed E-state index contributed by atoms with van der Waals surface area (Å²) < 4.78 is 10.7. The van der Waals surface area contributed by atoms with Gasteiger partial charge in [0.15, 0.2) is 0 Å². The zero-order chi connectivity index (χ0) is 24.3. The first-order valence-corrected chi connectivity index (χ1v) is 11.7. The molecule has 0 aliphatic carbocycles. The van der Waals surface area contributed by atoms with Crippen molar-refractivity contribution in [3.05, 3.63) is 66.0 Å². The molecule has 2 aromatic rings. The van der Waals surface area contributed by atoms with Gasteiger partial charge in [-0.15, -0.1) is 0 Å². The number of pyridine rings is 1. The Hall–Kier alpha value is -2.65. The van der Waals surface area contributed by atoms with Crippen LogP contribution < -0.4 is 0 Å². The minimum Gasteiger partial charge on any atom is -0.469 e. The van der Waals surface area contributed by atoms with Gasteiger partial charge in [0.05, 0.1) is 38.4 Å². The van der Waals surface area contributed by atoms with Gasteiger partial charge in [0.2, 0.25) is 0 Å². The summed E-state index contributed by atoms with van der Waals surface area (Å²) in [6.07, 6.45) is 3.01. The molecular weight excluding hydrogens is 434 g/mol. The molecule has 0 bridgehead atoms. The van der Waals surface area contributed by atoms with E-state index in [1.54, 1.807) is 13.1 Å². The fraction of sp³-hybridized carbons (Fsp3) is 0.500. The number of rotatable bonds is 12. The third-order valence-electron chi connectivity index (χ3n) is 6.14. The summed E-state index contributed by atoms with van der Waals surface area (Å²) >= 11 is 0. The van der Waals surface area contributed by atoms with Gasteiger partial charge in [0, 0.05) is 45.1 Å². The molecule has 1 aliphatic rings. The van der Waals surface area contributed by atoms with Gasteiger partial charge in [-0.2, -0.15) is 0 Å². The van der Waals surface area contributed by atoms with Crippen molar-refractivity contribution in [3.8, 4) is 0 Å². The van der Waals surface area contributed by atoms with E-state index < -0.39 is 18.0 Å². The molecule has 0 spiro atoms. The van der Waals surface area contributed by atoms with Gasteiger partial charge in [0.25, 0.3) is 0 Å². The molecule has 34 heavy (non-hydrogen) atoms. The van der Waals surface area contributed by atoms with Gasteiger partial charge in [-0.05, 0) is 30.5 Å². The Kier molecular flexibility index (Phi) is 10.2. The van der Waals surface area contributed by atoms with E-state index in [-0.39, 0.29) is 24.9 Å². The molecule has 0 saturated carbocycles. The van der Waals surface area contributed by atoms with Gasteiger partial charge in [0.1, 0.15) is 5.78 Å². The van der Waals surface area contributed by atoms with Crippen LogP contribution in [0.2, 0.25) is 0 Å². The molecule has 3 rings (SSSR count). The van der Waals surface area contributed by atoms with Crippen LogP contribution in [0, 0.1) is 5.92 Å². The van der Waals surface area contributed by atoms with E-state index in [1.165, 1.54) is 7.11 Å². The number of carbonyl (C=O) groups excluding carboxylic acids is 2. The van der Waals surface area contributed by atoms with Crippen LogP contribution in [0.4, 0.5) is 0 Å². The minimum absolute atomic E-state index is 0.0683. The Labute approximate surface area is 201 Å². The molecule has 8 nitrogen and oxygen atoms in total. The van der Waals surface area contributed by atoms with Gasteiger partial charge in [-0.1, -0.05) is 36.4 Å². The lowest BCUT2D eigenvalue weighted by molar-refractivity contribution is -0.149. The summed E-state index contributed by atoms with van der Waals surface area (Å²) in [5.41, 5.74) is 2.12. The molecule has 0 amide bonds. The number of aliphatic hydroxyl groups is 1. The van der Waals surface area contributed by atoms with Crippen LogP contribution in [0.3, 0.4) is 0 Å². The summed E-state index contributed by atoms with van der Waals surface area (Å²) in [7, 11) is 1.34. The van der Waals surface area contributed by atoms with Crippen molar-refractivity contribution in [2.24, 2.45) is 5.92 Å². The maximum atomic E-state index is 12.4. The number of piperazine rings is 1. The highest BCUT2D eigenvalue weighted by Crippen LogP contribution is 2.18.